The molecule has 0 heterocycles. The Kier molecular flexibility index (Phi) is 10.4. The summed E-state index contributed by atoms with van der Waals surface area (Å²) in [5, 5.41) is 1.87. The van der Waals surface area contributed by atoms with Gasteiger partial charge in [-0.2, -0.15) is 0 Å². The summed E-state index contributed by atoms with van der Waals surface area (Å²) in [4.78, 5) is 36.0. The molecule has 0 fully saturated rings. The number of ether oxygens (including phenoxy) is 1. The van der Waals surface area contributed by atoms with E-state index in [-0.39, 0.29) is 12.5 Å². The molecule has 9 heteroatoms. The third-order valence-electron chi connectivity index (χ3n) is 6.52. The number of hydrogen-bond donors (Lipinski definition) is 4. The molecule has 9 nitrogen and oxygen atoms in total. The fourth-order valence-corrected chi connectivity index (χ4v) is 4.27. The van der Waals surface area contributed by atoms with Crippen LogP contribution < -0.4 is 26.8 Å². The summed E-state index contributed by atoms with van der Waals surface area (Å²) in [5.41, 5.74) is 14.9. The minimum absolute atomic E-state index is 0.0500. The zero-order valence-electron chi connectivity index (χ0n) is 23.7. The van der Waals surface area contributed by atoms with Crippen molar-refractivity contribution < 1.29 is 24.0 Å². The summed E-state index contributed by atoms with van der Waals surface area (Å²) in [6, 6.07) is 24.8. The highest BCUT2D eigenvalue weighted by Crippen LogP contribution is 2.23. The van der Waals surface area contributed by atoms with Crippen LogP contribution in [0.2, 0.25) is 0 Å². The van der Waals surface area contributed by atoms with Crippen molar-refractivity contribution in [1.82, 2.24) is 22.0 Å². The van der Waals surface area contributed by atoms with Gasteiger partial charge in [-0.15, -0.1) is 11.2 Å². The van der Waals surface area contributed by atoms with Gasteiger partial charge in [0.15, 0.2) is 0 Å². The lowest BCUT2D eigenvalue weighted by atomic mass is 10.00. The van der Waals surface area contributed by atoms with Gasteiger partial charge in [0.2, 0.25) is 0 Å². The number of fused-ring (bicyclic) bond motifs is 1. The minimum atomic E-state index is -0.404. The summed E-state index contributed by atoms with van der Waals surface area (Å²) >= 11 is 0. The minimum Gasteiger partial charge on any atom is -0.489 e. The van der Waals surface area contributed by atoms with Gasteiger partial charge in [-0.05, 0) is 77.1 Å². The normalized spacial score (nSPS) is 11.0. The Labute approximate surface area is 240 Å². The Hall–Kier alpha value is -4.28. The van der Waals surface area contributed by atoms with Gasteiger partial charge < -0.3 is 4.74 Å². The molecule has 0 aliphatic rings. The molecular formula is C32H36N4O5. The average molecular weight is 557 g/mol. The van der Waals surface area contributed by atoms with Crippen molar-refractivity contribution in [2.75, 3.05) is 6.61 Å². The number of aryl methyl sites for hydroxylation is 1. The highest BCUT2D eigenvalue weighted by Gasteiger charge is 2.13. The summed E-state index contributed by atoms with van der Waals surface area (Å²) in [6.07, 6.45) is 0. The lowest BCUT2D eigenvalue weighted by Crippen LogP contribution is -2.37. The topological polar surface area (TPSA) is 110 Å². The molecule has 0 aliphatic carbocycles. The molecule has 214 valence electrons. The highest BCUT2D eigenvalue weighted by atomic mass is 16.7. The van der Waals surface area contributed by atoms with Gasteiger partial charge in [0.05, 0.1) is 13.2 Å². The fourth-order valence-electron chi connectivity index (χ4n) is 4.27. The smallest absolute Gasteiger partial charge is 0.267 e. The van der Waals surface area contributed by atoms with E-state index in [2.05, 4.69) is 48.0 Å². The number of rotatable bonds is 13. The van der Waals surface area contributed by atoms with Gasteiger partial charge in [0.1, 0.15) is 12.4 Å². The number of carbonyl (C=O) groups excluding carboxylic acids is 2. The Morgan fingerprint density at radius 2 is 1.46 bits per heavy atom. The Morgan fingerprint density at radius 1 is 0.756 bits per heavy atom. The Morgan fingerprint density at radius 3 is 2.20 bits per heavy atom. The maximum Gasteiger partial charge on any atom is 0.267 e. The predicted molar refractivity (Wildman–Crippen MR) is 158 cm³/mol. The zero-order valence-corrected chi connectivity index (χ0v) is 23.7. The molecule has 2 amide bonds. The van der Waals surface area contributed by atoms with E-state index in [1.54, 1.807) is 31.2 Å². The van der Waals surface area contributed by atoms with Crippen LogP contribution in [0.4, 0.5) is 0 Å². The maximum atomic E-state index is 12.8. The van der Waals surface area contributed by atoms with Gasteiger partial charge in [-0.1, -0.05) is 68.4 Å². The summed E-state index contributed by atoms with van der Waals surface area (Å²) in [7, 11) is 0. The third-order valence-corrected chi connectivity index (χ3v) is 6.52. The summed E-state index contributed by atoms with van der Waals surface area (Å²) in [6.45, 7) is 8.87. The van der Waals surface area contributed by atoms with Crippen molar-refractivity contribution in [3.63, 3.8) is 0 Å². The zero-order chi connectivity index (χ0) is 29.2. The molecule has 0 spiro atoms. The van der Waals surface area contributed by atoms with Crippen LogP contribution >= 0.6 is 0 Å². The largest absolute Gasteiger partial charge is 0.489 e. The molecule has 41 heavy (non-hydrogen) atoms. The lowest BCUT2D eigenvalue weighted by Gasteiger charge is -2.14. The molecular weight excluding hydrogens is 520 g/mol. The van der Waals surface area contributed by atoms with Gasteiger partial charge in [-0.3, -0.25) is 30.1 Å². The van der Waals surface area contributed by atoms with Crippen LogP contribution in [0.15, 0.2) is 78.9 Å². The van der Waals surface area contributed by atoms with E-state index in [1.165, 1.54) is 5.56 Å². The van der Waals surface area contributed by atoms with Crippen LogP contribution in [0, 0.1) is 6.92 Å². The van der Waals surface area contributed by atoms with Crippen LogP contribution in [-0.4, -0.2) is 18.4 Å². The van der Waals surface area contributed by atoms with Crippen LogP contribution in [0.3, 0.4) is 0 Å². The van der Waals surface area contributed by atoms with Crippen LogP contribution in [0.25, 0.3) is 10.8 Å². The SMILES string of the molecule is CCONNC(=O)c1cc(CONNC(=O)c2ccc(C)c3ccccc23)cc(OCc2ccc(C(C)C)cc2)c1. The van der Waals surface area contributed by atoms with Gasteiger partial charge in [-0.25, -0.2) is 0 Å². The van der Waals surface area contributed by atoms with Crippen molar-refractivity contribution in [2.45, 2.75) is 46.8 Å². The van der Waals surface area contributed by atoms with Crippen molar-refractivity contribution in [2.24, 2.45) is 0 Å². The third kappa shape index (κ3) is 8.12. The number of hydrazine groups is 2. The molecule has 4 N–H and O–H groups in total. The van der Waals surface area contributed by atoms with Crippen molar-refractivity contribution in [3.8, 4) is 5.75 Å². The molecule has 0 saturated carbocycles. The second kappa shape index (κ2) is 14.4. The van der Waals surface area contributed by atoms with Crippen molar-refractivity contribution in [1.29, 1.82) is 0 Å². The van der Waals surface area contributed by atoms with E-state index in [0.717, 1.165) is 21.9 Å². The Balaban J connectivity index is 1.41. The first-order chi connectivity index (χ1) is 19.9. The highest BCUT2D eigenvalue weighted by molar-refractivity contribution is 6.07. The first-order valence-electron chi connectivity index (χ1n) is 13.5. The van der Waals surface area contributed by atoms with E-state index in [9.17, 15) is 9.59 Å². The fraction of sp³-hybridized carbons (Fsp3) is 0.250. The number of benzene rings is 4. The maximum absolute atomic E-state index is 12.8. The number of nitrogens with one attached hydrogen (secondary N) is 4. The van der Waals surface area contributed by atoms with E-state index in [0.29, 0.717) is 41.6 Å². The number of amides is 2. The molecule has 4 aromatic carbocycles. The second-order valence-electron chi connectivity index (χ2n) is 9.86. The van der Waals surface area contributed by atoms with Gasteiger partial charge >= 0.3 is 0 Å². The van der Waals surface area contributed by atoms with E-state index in [1.807, 2.05) is 49.4 Å². The predicted octanol–water partition coefficient (Wildman–Crippen LogP) is 5.40. The van der Waals surface area contributed by atoms with E-state index in [4.69, 9.17) is 14.4 Å². The monoisotopic (exact) mass is 556 g/mol. The summed E-state index contributed by atoms with van der Waals surface area (Å²) < 4.78 is 6.03. The molecule has 0 radical (unpaired) electrons. The van der Waals surface area contributed by atoms with Gasteiger partial charge in [0, 0.05) is 11.1 Å². The molecule has 0 saturated heterocycles. The van der Waals surface area contributed by atoms with E-state index >= 15 is 0 Å². The summed E-state index contributed by atoms with van der Waals surface area (Å²) in [5.74, 6) is 0.209. The van der Waals surface area contributed by atoms with Crippen molar-refractivity contribution in [3.05, 3.63) is 112 Å². The van der Waals surface area contributed by atoms with Crippen LogP contribution in [0.5, 0.6) is 5.75 Å². The second-order valence-corrected chi connectivity index (χ2v) is 9.86. The van der Waals surface area contributed by atoms with Crippen molar-refractivity contribution >= 4 is 22.6 Å². The van der Waals surface area contributed by atoms with Crippen LogP contribution in [0.1, 0.15) is 69.7 Å². The molecule has 0 unspecified atom stereocenters. The van der Waals surface area contributed by atoms with Gasteiger partial charge in [0.25, 0.3) is 11.8 Å². The molecule has 4 rings (SSSR count). The molecule has 4 aromatic rings. The quantitative estimate of drug-likeness (QED) is 0.129. The molecule has 0 aliphatic heterocycles. The Bertz CT molecular complexity index is 1490. The molecule has 0 aromatic heterocycles. The first-order valence-corrected chi connectivity index (χ1v) is 13.5. The number of carbonyl (C=O) groups is 2. The first kappa shape index (κ1) is 29.7. The number of hydrogen-bond acceptors (Lipinski definition) is 7. The standard InChI is InChI=1S/C32H36N4O5/c1-5-40-35-33-31(37)26-16-24(17-27(18-26)39-19-23-11-13-25(14-12-23)21(2)3)20-41-36-34-32(38)30-15-10-22(4)28-8-6-7-9-29(28)30/h6-18,21,35-36H,5,19-20H2,1-4H3,(H,33,37)(H,34,38). The average Bonchev–Trinajstić information content (AvgIpc) is 2.98. The lowest BCUT2D eigenvalue weighted by molar-refractivity contribution is 0.000590. The molecule has 0 atom stereocenters. The van der Waals surface area contributed by atoms with E-state index < -0.39 is 5.91 Å². The van der Waals surface area contributed by atoms with Crippen LogP contribution in [-0.2, 0) is 22.9 Å². The molecule has 0 bridgehead atoms.